The number of amides is 2. The molecular formula is C22H27N5O2. The Labute approximate surface area is 171 Å². The van der Waals surface area contributed by atoms with E-state index in [4.69, 9.17) is 4.74 Å². The summed E-state index contributed by atoms with van der Waals surface area (Å²) in [6, 6.07) is 17.6. The van der Waals surface area contributed by atoms with E-state index >= 15 is 0 Å². The molecule has 0 saturated carbocycles. The first-order valence-electron chi connectivity index (χ1n) is 9.48. The Morgan fingerprint density at radius 3 is 2.66 bits per heavy atom. The minimum absolute atomic E-state index is 0.0386. The lowest BCUT2D eigenvalue weighted by molar-refractivity contribution is 0.232. The van der Waals surface area contributed by atoms with Crippen LogP contribution in [0.1, 0.15) is 17.2 Å². The molecule has 1 atom stereocenters. The van der Waals surface area contributed by atoms with Crippen molar-refractivity contribution in [1.29, 1.82) is 0 Å². The fourth-order valence-corrected chi connectivity index (χ4v) is 3.05. The molecule has 2 aromatic carbocycles. The Morgan fingerprint density at radius 1 is 1.14 bits per heavy atom. The number of methoxy groups -OCH3 is 1. The molecule has 1 aromatic heterocycles. The lowest BCUT2D eigenvalue weighted by atomic mass is 10.1. The molecule has 0 aliphatic rings. The smallest absolute Gasteiger partial charge is 0.315 e. The summed E-state index contributed by atoms with van der Waals surface area (Å²) in [6.07, 6.45) is 3.67. The van der Waals surface area contributed by atoms with E-state index in [1.807, 2.05) is 74.9 Å². The van der Waals surface area contributed by atoms with Crippen molar-refractivity contribution >= 4 is 6.03 Å². The molecule has 0 saturated heterocycles. The average Bonchev–Trinajstić information content (AvgIpc) is 3.22. The third kappa shape index (κ3) is 5.58. The number of nitrogens with zero attached hydrogens (tertiary/aromatic N) is 3. The zero-order chi connectivity index (χ0) is 20.6. The minimum atomic E-state index is -0.216. The lowest BCUT2D eigenvalue weighted by Gasteiger charge is -2.25. The normalized spacial score (nSPS) is 11.9. The number of ether oxygens (including phenoxy) is 1. The number of benzene rings is 2. The number of urea groups is 1. The van der Waals surface area contributed by atoms with Gasteiger partial charge in [0.05, 0.1) is 25.0 Å². The first-order valence-corrected chi connectivity index (χ1v) is 9.48. The second-order valence-electron chi connectivity index (χ2n) is 6.95. The first-order chi connectivity index (χ1) is 14.1. The largest absolute Gasteiger partial charge is 0.497 e. The Balaban J connectivity index is 1.53. The number of para-hydroxylation sites is 1. The van der Waals surface area contributed by atoms with Crippen LogP contribution in [0.15, 0.2) is 67.0 Å². The Hall–Kier alpha value is -3.32. The van der Waals surface area contributed by atoms with E-state index in [-0.39, 0.29) is 12.1 Å². The molecular weight excluding hydrogens is 366 g/mol. The quantitative estimate of drug-likeness (QED) is 0.617. The van der Waals surface area contributed by atoms with Crippen molar-refractivity contribution in [3.8, 4) is 11.4 Å². The summed E-state index contributed by atoms with van der Waals surface area (Å²) in [6.45, 7) is 0.889. The third-order valence-electron chi connectivity index (χ3n) is 4.67. The van der Waals surface area contributed by atoms with E-state index in [9.17, 15) is 4.79 Å². The van der Waals surface area contributed by atoms with Crippen molar-refractivity contribution in [3.63, 3.8) is 0 Å². The van der Waals surface area contributed by atoms with Crippen LogP contribution in [0.4, 0.5) is 4.79 Å². The summed E-state index contributed by atoms with van der Waals surface area (Å²) in [7, 11) is 5.62. The van der Waals surface area contributed by atoms with E-state index < -0.39 is 0 Å². The van der Waals surface area contributed by atoms with Gasteiger partial charge in [-0.3, -0.25) is 0 Å². The van der Waals surface area contributed by atoms with Crippen molar-refractivity contribution in [2.24, 2.45) is 0 Å². The van der Waals surface area contributed by atoms with Crippen LogP contribution in [0.2, 0.25) is 0 Å². The Morgan fingerprint density at radius 2 is 1.93 bits per heavy atom. The van der Waals surface area contributed by atoms with Gasteiger partial charge in [-0.05, 0) is 43.9 Å². The van der Waals surface area contributed by atoms with Crippen LogP contribution in [0.3, 0.4) is 0 Å². The second kappa shape index (κ2) is 9.75. The Bertz CT molecular complexity index is 924. The molecule has 3 aromatic rings. The summed E-state index contributed by atoms with van der Waals surface area (Å²) < 4.78 is 7.10. The van der Waals surface area contributed by atoms with E-state index in [1.54, 1.807) is 18.0 Å². The SMILES string of the molecule is COc1cccc(C(CNC(=O)NCc2cnn(-c3ccccc3)c2)N(C)C)c1. The number of rotatable bonds is 8. The number of aromatic nitrogens is 2. The molecule has 29 heavy (non-hydrogen) atoms. The van der Waals surface area contributed by atoms with Gasteiger partial charge in [0.25, 0.3) is 0 Å². The average molecular weight is 393 g/mol. The molecule has 0 aliphatic carbocycles. The van der Waals surface area contributed by atoms with Crippen LogP contribution in [-0.4, -0.2) is 48.5 Å². The summed E-state index contributed by atoms with van der Waals surface area (Å²) >= 11 is 0. The van der Waals surface area contributed by atoms with Crippen LogP contribution < -0.4 is 15.4 Å². The molecule has 7 heteroatoms. The highest BCUT2D eigenvalue weighted by Crippen LogP contribution is 2.22. The Kier molecular flexibility index (Phi) is 6.86. The molecule has 0 radical (unpaired) electrons. The first kappa shape index (κ1) is 20.4. The van der Waals surface area contributed by atoms with Gasteiger partial charge in [-0.1, -0.05) is 30.3 Å². The standard InChI is InChI=1S/C22H27N5O2/c1-26(2)21(18-8-7-11-20(12-18)29-3)15-24-22(28)23-13-17-14-25-27(16-17)19-9-5-4-6-10-19/h4-12,14,16,21H,13,15H2,1-3H3,(H2,23,24,28). The van der Waals surface area contributed by atoms with Crippen molar-refractivity contribution < 1.29 is 9.53 Å². The summed E-state index contributed by atoms with van der Waals surface area (Å²) in [5, 5.41) is 10.2. The van der Waals surface area contributed by atoms with E-state index in [1.165, 1.54) is 0 Å². The van der Waals surface area contributed by atoms with Gasteiger partial charge in [-0.15, -0.1) is 0 Å². The fraction of sp³-hybridized carbons (Fsp3) is 0.273. The predicted octanol–water partition coefficient (Wildman–Crippen LogP) is 2.98. The third-order valence-corrected chi connectivity index (χ3v) is 4.67. The van der Waals surface area contributed by atoms with Crippen molar-refractivity contribution in [2.45, 2.75) is 12.6 Å². The van der Waals surface area contributed by atoms with Gasteiger partial charge < -0.3 is 20.3 Å². The van der Waals surface area contributed by atoms with Crippen LogP contribution in [0.25, 0.3) is 5.69 Å². The molecule has 1 heterocycles. The van der Waals surface area contributed by atoms with Crippen LogP contribution in [-0.2, 0) is 6.54 Å². The fourth-order valence-electron chi connectivity index (χ4n) is 3.05. The highest BCUT2D eigenvalue weighted by molar-refractivity contribution is 5.73. The number of hydrogen-bond donors (Lipinski definition) is 2. The topological polar surface area (TPSA) is 71.4 Å². The number of carbonyl (C=O) groups excluding carboxylic acids is 1. The summed E-state index contributed by atoms with van der Waals surface area (Å²) in [5.41, 5.74) is 3.00. The maximum Gasteiger partial charge on any atom is 0.315 e. The van der Waals surface area contributed by atoms with Crippen molar-refractivity contribution in [2.75, 3.05) is 27.7 Å². The molecule has 0 fully saturated rings. The van der Waals surface area contributed by atoms with Gasteiger partial charge in [0.15, 0.2) is 0 Å². The van der Waals surface area contributed by atoms with E-state index in [2.05, 4.69) is 20.6 Å². The van der Waals surface area contributed by atoms with E-state index in [0.29, 0.717) is 13.1 Å². The van der Waals surface area contributed by atoms with Gasteiger partial charge >= 0.3 is 6.03 Å². The van der Waals surface area contributed by atoms with E-state index in [0.717, 1.165) is 22.6 Å². The molecule has 0 aliphatic heterocycles. The highest BCUT2D eigenvalue weighted by atomic mass is 16.5. The van der Waals surface area contributed by atoms with Crippen LogP contribution in [0.5, 0.6) is 5.75 Å². The molecule has 2 N–H and O–H groups in total. The van der Waals surface area contributed by atoms with Gasteiger partial charge in [0.1, 0.15) is 5.75 Å². The molecule has 2 amide bonds. The number of likely N-dealkylation sites (N-methyl/N-ethyl adjacent to an activating group) is 1. The molecule has 3 rings (SSSR count). The van der Waals surface area contributed by atoms with Crippen molar-refractivity contribution in [3.05, 3.63) is 78.1 Å². The molecule has 0 spiro atoms. The van der Waals surface area contributed by atoms with Gasteiger partial charge in [0.2, 0.25) is 0 Å². The van der Waals surface area contributed by atoms with Crippen LogP contribution >= 0.6 is 0 Å². The molecule has 0 bridgehead atoms. The zero-order valence-corrected chi connectivity index (χ0v) is 17.0. The summed E-state index contributed by atoms with van der Waals surface area (Å²) in [4.78, 5) is 14.4. The summed E-state index contributed by atoms with van der Waals surface area (Å²) in [5.74, 6) is 0.800. The van der Waals surface area contributed by atoms with Crippen molar-refractivity contribution in [1.82, 2.24) is 25.3 Å². The van der Waals surface area contributed by atoms with Gasteiger partial charge in [-0.25, -0.2) is 9.48 Å². The molecule has 7 nitrogen and oxygen atoms in total. The van der Waals surface area contributed by atoms with Gasteiger partial charge in [-0.2, -0.15) is 5.10 Å². The lowest BCUT2D eigenvalue weighted by Crippen LogP contribution is -2.40. The highest BCUT2D eigenvalue weighted by Gasteiger charge is 2.16. The maximum atomic E-state index is 12.3. The number of carbonyl (C=O) groups is 1. The van der Waals surface area contributed by atoms with Gasteiger partial charge in [0, 0.05) is 24.8 Å². The monoisotopic (exact) mass is 393 g/mol. The number of nitrogens with one attached hydrogen (secondary N) is 2. The predicted molar refractivity (Wildman–Crippen MR) is 113 cm³/mol. The second-order valence-corrected chi connectivity index (χ2v) is 6.95. The van der Waals surface area contributed by atoms with Crippen LogP contribution in [0, 0.1) is 0 Å². The zero-order valence-electron chi connectivity index (χ0n) is 17.0. The molecule has 152 valence electrons. The minimum Gasteiger partial charge on any atom is -0.497 e. The number of hydrogen-bond acceptors (Lipinski definition) is 4. The molecule has 1 unspecified atom stereocenters. The maximum absolute atomic E-state index is 12.3.